The van der Waals surface area contributed by atoms with Crippen LogP contribution < -0.4 is 0 Å². The number of alkyl halides is 8. The number of rotatable bonds is 5. The Hall–Kier alpha value is -3.30. The van der Waals surface area contributed by atoms with Crippen molar-refractivity contribution >= 4 is 21.7 Å². The smallest absolute Gasteiger partial charge is 0.435 e. The van der Waals surface area contributed by atoms with E-state index in [2.05, 4.69) is 0 Å². The fourth-order valence-electron chi connectivity index (χ4n) is 7.26. The number of benzene rings is 2. The van der Waals surface area contributed by atoms with Gasteiger partial charge in [-0.3, -0.25) is 9.59 Å². The molecule has 6 nitrogen and oxygen atoms in total. The van der Waals surface area contributed by atoms with Crippen LogP contribution in [0, 0.1) is 18.7 Å². The highest BCUT2D eigenvalue weighted by molar-refractivity contribution is 7.92. The molecule has 2 unspecified atom stereocenters. The van der Waals surface area contributed by atoms with E-state index >= 15 is 8.78 Å². The van der Waals surface area contributed by atoms with E-state index in [9.17, 15) is 53.8 Å². The fraction of sp³-hybridized carbons (Fsp3) is 0.533. The molecule has 1 aliphatic heterocycles. The van der Waals surface area contributed by atoms with E-state index in [1.165, 1.54) is 6.92 Å². The highest BCUT2D eigenvalue weighted by Gasteiger charge is 2.74. The maximum absolute atomic E-state index is 16.1. The van der Waals surface area contributed by atoms with Gasteiger partial charge in [0.25, 0.3) is 5.91 Å². The Morgan fingerprint density at radius 3 is 2.07 bits per heavy atom. The second kappa shape index (κ2) is 10.9. The molecule has 5 rings (SSSR count). The van der Waals surface area contributed by atoms with Gasteiger partial charge in [-0.15, -0.1) is 0 Å². The van der Waals surface area contributed by atoms with Crippen molar-refractivity contribution in [2.75, 3.05) is 6.54 Å². The summed E-state index contributed by atoms with van der Waals surface area (Å²) in [6.07, 6.45) is -15.3. The fourth-order valence-corrected chi connectivity index (χ4v) is 9.71. The third-order valence-corrected chi connectivity index (χ3v) is 12.3. The number of halogens is 9. The number of likely N-dealkylation sites (tertiary alicyclic amines) is 1. The highest BCUT2D eigenvalue weighted by atomic mass is 32.2. The molecule has 16 heteroatoms. The Balaban J connectivity index is 1.66. The Morgan fingerprint density at radius 1 is 0.913 bits per heavy atom. The van der Waals surface area contributed by atoms with Crippen LogP contribution in [0.5, 0.6) is 0 Å². The van der Waals surface area contributed by atoms with Gasteiger partial charge in [-0.2, -0.15) is 26.3 Å². The number of sulfone groups is 1. The molecule has 46 heavy (non-hydrogen) atoms. The van der Waals surface area contributed by atoms with Gasteiger partial charge in [-0.1, -0.05) is 18.2 Å². The molecule has 2 fully saturated rings. The normalized spacial score (nSPS) is 27.2. The van der Waals surface area contributed by atoms with Crippen LogP contribution in [-0.4, -0.2) is 60.9 Å². The number of aryl methyl sites for hydroxylation is 2. The van der Waals surface area contributed by atoms with Gasteiger partial charge in [0.15, 0.2) is 15.5 Å². The van der Waals surface area contributed by atoms with Crippen LogP contribution >= 0.6 is 0 Å². The lowest BCUT2D eigenvalue weighted by atomic mass is 9.76. The van der Waals surface area contributed by atoms with Crippen molar-refractivity contribution in [3.05, 3.63) is 64.5 Å². The standard InChI is InChI=1S/C30H28F9NO5S/c1-16-14-20(4-6-22(16)31)46(44,45)27-12-13-40(25(43)26(32)10-8-17(9-11-26)24(41)42)23(27)7-2-18-15-19(3-5-21(18)27)28(33,29(34,35)36)30(37,38)39/h3-6,14-15,17,23H,2,7-13H2,1H3,(H,41,42). The van der Waals surface area contributed by atoms with Gasteiger partial charge in [0, 0.05) is 12.1 Å². The molecular formula is C30H28F9NO5S. The molecule has 2 aliphatic carbocycles. The average molecular weight is 686 g/mol. The molecule has 1 amide bonds. The molecule has 1 N–H and O–H groups in total. The first-order valence-electron chi connectivity index (χ1n) is 14.3. The average Bonchev–Trinajstić information content (AvgIpc) is 3.38. The Bertz CT molecular complexity index is 1670. The van der Waals surface area contributed by atoms with E-state index in [0.29, 0.717) is 12.1 Å². The number of amides is 1. The van der Waals surface area contributed by atoms with Gasteiger partial charge in [-0.25, -0.2) is 21.6 Å². The van der Waals surface area contributed by atoms with Gasteiger partial charge in [-0.05, 0) is 86.8 Å². The van der Waals surface area contributed by atoms with Crippen molar-refractivity contribution in [3.63, 3.8) is 0 Å². The molecule has 2 aromatic rings. The summed E-state index contributed by atoms with van der Waals surface area (Å²) in [5.74, 6) is -3.92. The molecule has 0 bridgehead atoms. The molecule has 252 valence electrons. The summed E-state index contributed by atoms with van der Waals surface area (Å²) < 4.78 is 154. The molecule has 1 heterocycles. The Labute approximate surface area is 257 Å². The lowest BCUT2D eigenvalue weighted by Gasteiger charge is -2.44. The van der Waals surface area contributed by atoms with E-state index in [1.807, 2.05) is 0 Å². The van der Waals surface area contributed by atoms with Crippen LogP contribution in [-0.2, 0) is 36.3 Å². The molecular weight excluding hydrogens is 657 g/mol. The monoisotopic (exact) mass is 685 g/mol. The van der Waals surface area contributed by atoms with Crippen LogP contribution in [0.25, 0.3) is 0 Å². The quantitative estimate of drug-likeness (QED) is 0.282. The van der Waals surface area contributed by atoms with E-state index in [0.717, 1.165) is 23.1 Å². The van der Waals surface area contributed by atoms with Crippen molar-refractivity contribution < 1.29 is 62.6 Å². The summed E-state index contributed by atoms with van der Waals surface area (Å²) in [6, 6.07) is 2.64. The topological polar surface area (TPSA) is 91.8 Å². The third-order valence-electron chi connectivity index (χ3n) is 9.76. The molecule has 2 atom stereocenters. The number of aliphatic carboxylic acids is 1. The number of carbonyl (C=O) groups excluding carboxylic acids is 1. The van der Waals surface area contributed by atoms with Crippen LogP contribution in [0.1, 0.15) is 60.8 Å². The highest BCUT2D eigenvalue weighted by Crippen LogP contribution is 2.57. The number of hydrogen-bond donors (Lipinski definition) is 1. The van der Waals surface area contributed by atoms with Crippen LogP contribution in [0.15, 0.2) is 41.3 Å². The predicted octanol–water partition coefficient (Wildman–Crippen LogP) is 6.62. The van der Waals surface area contributed by atoms with Gasteiger partial charge >= 0.3 is 24.0 Å². The van der Waals surface area contributed by atoms with E-state index in [-0.39, 0.29) is 55.0 Å². The van der Waals surface area contributed by atoms with Crippen molar-refractivity contribution in [2.45, 2.75) is 91.2 Å². The largest absolute Gasteiger partial charge is 0.481 e. The number of carbonyl (C=O) groups is 2. The first-order valence-corrected chi connectivity index (χ1v) is 15.8. The second-order valence-corrected chi connectivity index (χ2v) is 14.4. The van der Waals surface area contributed by atoms with Gasteiger partial charge in [0.05, 0.1) is 16.9 Å². The molecule has 2 aromatic carbocycles. The first-order chi connectivity index (χ1) is 21.1. The molecule has 1 saturated heterocycles. The van der Waals surface area contributed by atoms with Crippen molar-refractivity contribution in [2.24, 2.45) is 5.92 Å². The summed E-state index contributed by atoms with van der Waals surface area (Å²) >= 11 is 0. The SMILES string of the molecule is Cc1cc(S(=O)(=O)C23CCN(C(=O)C4(F)CCC(C(=O)O)CC4)C2CCc2cc(C(F)(C(F)(F)F)C(F)(F)F)ccc23)ccc1F. The van der Waals surface area contributed by atoms with Crippen LogP contribution in [0.2, 0.25) is 0 Å². The zero-order valence-electron chi connectivity index (χ0n) is 24.1. The summed E-state index contributed by atoms with van der Waals surface area (Å²) in [5, 5.41) is 9.28. The molecule has 0 spiro atoms. The van der Waals surface area contributed by atoms with Crippen molar-refractivity contribution in [1.29, 1.82) is 0 Å². The maximum atomic E-state index is 16.1. The summed E-state index contributed by atoms with van der Waals surface area (Å²) in [4.78, 5) is 25.6. The number of nitrogens with zero attached hydrogens (tertiary/aromatic N) is 1. The Morgan fingerprint density at radius 2 is 1.52 bits per heavy atom. The minimum atomic E-state index is -6.42. The maximum Gasteiger partial charge on any atom is 0.435 e. The van der Waals surface area contributed by atoms with Gasteiger partial charge in [0.2, 0.25) is 0 Å². The number of carboxylic acids is 1. The van der Waals surface area contributed by atoms with E-state index in [4.69, 9.17) is 0 Å². The lowest BCUT2D eigenvalue weighted by molar-refractivity contribution is -0.348. The minimum absolute atomic E-state index is 0.0956. The molecule has 0 radical (unpaired) electrons. The molecule has 0 aromatic heterocycles. The molecule has 3 aliphatic rings. The summed E-state index contributed by atoms with van der Waals surface area (Å²) in [7, 11) is -4.75. The number of hydrogen-bond acceptors (Lipinski definition) is 4. The van der Waals surface area contributed by atoms with Gasteiger partial charge in [0.1, 0.15) is 10.6 Å². The second-order valence-electron chi connectivity index (χ2n) is 12.2. The molecule has 1 saturated carbocycles. The van der Waals surface area contributed by atoms with Crippen LogP contribution in [0.4, 0.5) is 39.5 Å². The van der Waals surface area contributed by atoms with Crippen molar-refractivity contribution in [3.8, 4) is 0 Å². The summed E-state index contributed by atoms with van der Waals surface area (Å²) in [6.45, 7) is 0.890. The van der Waals surface area contributed by atoms with Crippen molar-refractivity contribution in [1.82, 2.24) is 4.90 Å². The first kappa shape index (κ1) is 34.0. The Kier molecular flexibility index (Phi) is 8.05. The zero-order valence-corrected chi connectivity index (χ0v) is 24.9. The van der Waals surface area contributed by atoms with E-state index < -0.39 is 97.6 Å². The lowest BCUT2D eigenvalue weighted by Crippen LogP contribution is -2.56. The number of carboxylic acid groups (broad SMARTS) is 1. The van der Waals surface area contributed by atoms with Crippen LogP contribution in [0.3, 0.4) is 0 Å². The minimum Gasteiger partial charge on any atom is -0.481 e. The third kappa shape index (κ3) is 4.88. The summed E-state index contributed by atoms with van der Waals surface area (Å²) in [5.41, 5.74) is -10.8. The van der Waals surface area contributed by atoms with Gasteiger partial charge < -0.3 is 10.0 Å². The number of fused-ring (bicyclic) bond motifs is 3. The zero-order chi connectivity index (χ0) is 34.3. The predicted molar refractivity (Wildman–Crippen MR) is 143 cm³/mol. The van der Waals surface area contributed by atoms with E-state index in [1.54, 1.807) is 0 Å².